The monoisotopic (exact) mass is 297 g/mol. The highest BCUT2D eigenvalue weighted by atomic mass is 16.5. The fraction of sp³-hybridized carbons (Fsp3) is 0.938. The summed E-state index contributed by atoms with van der Waals surface area (Å²) in [5.41, 5.74) is 5.22. The first-order chi connectivity index (χ1) is 9.94. The van der Waals surface area contributed by atoms with Crippen molar-refractivity contribution in [2.24, 2.45) is 17.6 Å². The van der Waals surface area contributed by atoms with Gasteiger partial charge in [0.25, 0.3) is 0 Å². The number of hydrogen-bond donors (Lipinski definition) is 2. The van der Waals surface area contributed by atoms with E-state index in [0.717, 1.165) is 39.0 Å². The Labute approximate surface area is 128 Å². The van der Waals surface area contributed by atoms with Crippen LogP contribution in [0.5, 0.6) is 0 Å². The van der Waals surface area contributed by atoms with Gasteiger partial charge in [0.15, 0.2) is 0 Å². The number of nitrogens with two attached hydrogens (primary N) is 1. The molecule has 0 aromatic carbocycles. The van der Waals surface area contributed by atoms with Crippen LogP contribution in [0.25, 0.3) is 0 Å². The first-order valence-corrected chi connectivity index (χ1v) is 8.28. The smallest absolute Gasteiger partial charge is 0.239 e. The lowest BCUT2D eigenvalue weighted by molar-refractivity contribution is -0.126. The van der Waals surface area contributed by atoms with Crippen LogP contribution in [-0.4, -0.2) is 55.7 Å². The van der Waals surface area contributed by atoms with Crippen molar-refractivity contribution in [1.82, 2.24) is 10.2 Å². The number of nitrogens with one attached hydrogen (secondary N) is 1. The molecule has 5 nitrogen and oxygen atoms in total. The normalized spacial score (nSPS) is 26.0. The molecule has 0 radical (unpaired) electrons. The minimum absolute atomic E-state index is 0.203. The summed E-state index contributed by atoms with van der Waals surface area (Å²) in [7, 11) is 2.09. The van der Waals surface area contributed by atoms with Crippen molar-refractivity contribution in [3.8, 4) is 0 Å². The zero-order chi connectivity index (χ0) is 15.5. The molecule has 2 rings (SSSR count). The highest BCUT2D eigenvalue weighted by Gasteiger charge is 2.50. The molecule has 2 atom stereocenters. The van der Waals surface area contributed by atoms with Gasteiger partial charge in [0.2, 0.25) is 5.91 Å². The van der Waals surface area contributed by atoms with E-state index in [1.165, 1.54) is 6.42 Å². The van der Waals surface area contributed by atoms with Crippen LogP contribution < -0.4 is 11.1 Å². The van der Waals surface area contributed by atoms with Crippen LogP contribution in [0.2, 0.25) is 0 Å². The second kappa shape index (κ2) is 7.07. The summed E-state index contributed by atoms with van der Waals surface area (Å²) in [5, 5.41) is 3.48. The molecule has 0 aromatic heterocycles. The van der Waals surface area contributed by atoms with Crippen molar-refractivity contribution >= 4 is 5.91 Å². The van der Waals surface area contributed by atoms with Gasteiger partial charge in [-0.1, -0.05) is 0 Å². The van der Waals surface area contributed by atoms with E-state index in [1.54, 1.807) is 0 Å². The van der Waals surface area contributed by atoms with Crippen LogP contribution in [0.1, 0.15) is 39.5 Å². The number of nitrogens with zero attached hydrogens (tertiary/aromatic N) is 1. The van der Waals surface area contributed by atoms with Gasteiger partial charge in [-0.25, -0.2) is 0 Å². The SMILES string of the molecule is CC(C)NC(CN(C)CC1CCCOC1)(C(N)=O)C1CC1. The van der Waals surface area contributed by atoms with E-state index in [9.17, 15) is 4.79 Å². The molecule has 21 heavy (non-hydrogen) atoms. The quantitative estimate of drug-likeness (QED) is 0.701. The summed E-state index contributed by atoms with van der Waals surface area (Å²) >= 11 is 0. The van der Waals surface area contributed by atoms with Gasteiger partial charge in [0.05, 0.1) is 6.61 Å². The number of primary amides is 1. The van der Waals surface area contributed by atoms with E-state index in [2.05, 4.69) is 31.1 Å². The Morgan fingerprint density at radius 1 is 1.43 bits per heavy atom. The molecule has 1 heterocycles. The molecule has 2 unspecified atom stereocenters. The van der Waals surface area contributed by atoms with Gasteiger partial charge in [-0.2, -0.15) is 0 Å². The minimum Gasteiger partial charge on any atom is -0.381 e. The molecule has 1 aliphatic carbocycles. The van der Waals surface area contributed by atoms with E-state index >= 15 is 0 Å². The van der Waals surface area contributed by atoms with E-state index in [1.807, 2.05) is 0 Å². The number of amides is 1. The van der Waals surface area contributed by atoms with Crippen LogP contribution in [0, 0.1) is 11.8 Å². The van der Waals surface area contributed by atoms with E-state index in [4.69, 9.17) is 10.5 Å². The highest BCUT2D eigenvalue weighted by molar-refractivity contribution is 5.86. The molecule has 0 spiro atoms. The fourth-order valence-corrected chi connectivity index (χ4v) is 3.62. The Hall–Kier alpha value is -0.650. The summed E-state index contributed by atoms with van der Waals surface area (Å²) < 4.78 is 5.55. The lowest BCUT2D eigenvalue weighted by atomic mass is 9.89. The zero-order valence-corrected chi connectivity index (χ0v) is 13.7. The van der Waals surface area contributed by atoms with Crippen LogP contribution >= 0.6 is 0 Å². The van der Waals surface area contributed by atoms with Crippen LogP contribution in [0.4, 0.5) is 0 Å². The van der Waals surface area contributed by atoms with Crippen LogP contribution in [0.3, 0.4) is 0 Å². The molecule has 0 aromatic rings. The second-order valence-corrected chi connectivity index (χ2v) is 7.19. The van der Waals surface area contributed by atoms with Crippen molar-refractivity contribution in [3.05, 3.63) is 0 Å². The van der Waals surface area contributed by atoms with Crippen molar-refractivity contribution in [3.63, 3.8) is 0 Å². The molecule has 1 saturated heterocycles. The summed E-state index contributed by atoms with van der Waals surface area (Å²) in [6.07, 6.45) is 4.56. The average molecular weight is 297 g/mol. The standard InChI is InChI=1S/C16H31N3O2/c1-12(2)18-16(15(17)20,14-6-7-14)11-19(3)9-13-5-4-8-21-10-13/h12-14,18H,4-11H2,1-3H3,(H2,17,20). The van der Waals surface area contributed by atoms with Gasteiger partial charge in [0, 0.05) is 25.7 Å². The summed E-state index contributed by atoms with van der Waals surface area (Å²) in [6, 6.07) is 0.254. The molecular weight excluding hydrogens is 266 g/mol. The Bertz CT molecular complexity index is 351. The largest absolute Gasteiger partial charge is 0.381 e. The number of likely N-dealkylation sites (N-methyl/N-ethyl adjacent to an activating group) is 1. The zero-order valence-electron chi connectivity index (χ0n) is 13.7. The van der Waals surface area contributed by atoms with Gasteiger partial charge in [-0.3, -0.25) is 10.1 Å². The molecule has 0 bridgehead atoms. The average Bonchev–Trinajstić information content (AvgIpc) is 3.22. The van der Waals surface area contributed by atoms with Gasteiger partial charge < -0.3 is 15.4 Å². The molecular formula is C16H31N3O2. The predicted octanol–water partition coefficient (Wildman–Crippen LogP) is 0.977. The topological polar surface area (TPSA) is 67.6 Å². The lowest BCUT2D eigenvalue weighted by Gasteiger charge is -2.38. The van der Waals surface area contributed by atoms with E-state index in [-0.39, 0.29) is 11.9 Å². The first kappa shape index (κ1) is 16.7. The van der Waals surface area contributed by atoms with Crippen molar-refractivity contribution in [2.45, 2.75) is 51.1 Å². The second-order valence-electron chi connectivity index (χ2n) is 7.19. The van der Waals surface area contributed by atoms with Gasteiger partial charge in [0.1, 0.15) is 5.54 Å². The Balaban J connectivity index is 1.98. The summed E-state index contributed by atoms with van der Waals surface area (Å²) in [4.78, 5) is 14.4. The van der Waals surface area contributed by atoms with E-state index < -0.39 is 5.54 Å². The number of ether oxygens (including phenoxy) is 1. The highest BCUT2D eigenvalue weighted by Crippen LogP contribution is 2.40. The minimum atomic E-state index is -0.571. The molecule has 122 valence electrons. The van der Waals surface area contributed by atoms with Crippen molar-refractivity contribution in [2.75, 3.05) is 33.4 Å². The van der Waals surface area contributed by atoms with Crippen LogP contribution in [0.15, 0.2) is 0 Å². The van der Waals surface area contributed by atoms with Gasteiger partial charge >= 0.3 is 0 Å². The Kier molecular flexibility index (Phi) is 5.63. The number of hydrogen-bond acceptors (Lipinski definition) is 4. The van der Waals surface area contributed by atoms with Gasteiger partial charge in [-0.15, -0.1) is 0 Å². The maximum Gasteiger partial charge on any atom is 0.239 e. The third-order valence-corrected chi connectivity index (χ3v) is 4.60. The van der Waals surface area contributed by atoms with Crippen molar-refractivity contribution in [1.29, 1.82) is 0 Å². The maximum atomic E-state index is 12.2. The number of carbonyl (C=O) groups excluding carboxylic acids is 1. The lowest BCUT2D eigenvalue weighted by Crippen LogP contribution is -2.64. The molecule has 1 aliphatic heterocycles. The third-order valence-electron chi connectivity index (χ3n) is 4.60. The van der Waals surface area contributed by atoms with Crippen molar-refractivity contribution < 1.29 is 9.53 Å². The molecule has 2 aliphatic rings. The number of rotatable bonds is 8. The van der Waals surface area contributed by atoms with E-state index in [0.29, 0.717) is 18.4 Å². The fourth-order valence-electron chi connectivity index (χ4n) is 3.62. The number of carbonyl (C=O) groups is 1. The molecule has 1 saturated carbocycles. The molecule has 2 fully saturated rings. The third kappa shape index (κ3) is 4.41. The predicted molar refractivity (Wildman–Crippen MR) is 84.0 cm³/mol. The first-order valence-electron chi connectivity index (χ1n) is 8.28. The molecule has 3 N–H and O–H groups in total. The molecule has 1 amide bonds. The molecule has 5 heteroatoms. The summed E-state index contributed by atoms with van der Waals surface area (Å²) in [6.45, 7) is 7.56. The van der Waals surface area contributed by atoms with Crippen LogP contribution in [-0.2, 0) is 9.53 Å². The summed E-state index contributed by atoms with van der Waals surface area (Å²) in [5.74, 6) is 0.764. The maximum absolute atomic E-state index is 12.2. The van der Waals surface area contributed by atoms with Gasteiger partial charge in [-0.05, 0) is 58.4 Å². The Morgan fingerprint density at radius 2 is 2.14 bits per heavy atom. The Morgan fingerprint density at radius 3 is 2.62 bits per heavy atom.